The summed E-state index contributed by atoms with van der Waals surface area (Å²) >= 11 is 0. The van der Waals surface area contributed by atoms with Crippen molar-refractivity contribution < 1.29 is 0 Å². The van der Waals surface area contributed by atoms with E-state index in [2.05, 4.69) is 24.2 Å². The van der Waals surface area contributed by atoms with Gasteiger partial charge in [0, 0.05) is 18.6 Å². The standard InChI is InChI=1S/C13H26N2/c1-3-13(11-6-4-7-11)15-9-5-8-12(10-15)14-2/h11-14H,3-10H2,1-2H3. The molecular weight excluding hydrogens is 184 g/mol. The average Bonchev–Trinajstić information content (AvgIpc) is 2.23. The first-order valence-electron chi connectivity index (χ1n) is 6.76. The van der Waals surface area contributed by atoms with Crippen LogP contribution < -0.4 is 5.32 Å². The van der Waals surface area contributed by atoms with Crippen molar-refractivity contribution in [2.75, 3.05) is 20.1 Å². The molecule has 15 heavy (non-hydrogen) atoms. The van der Waals surface area contributed by atoms with Gasteiger partial charge >= 0.3 is 0 Å². The van der Waals surface area contributed by atoms with Gasteiger partial charge in [-0.05, 0) is 51.6 Å². The van der Waals surface area contributed by atoms with E-state index in [1.165, 1.54) is 51.6 Å². The highest BCUT2D eigenvalue weighted by atomic mass is 15.2. The lowest BCUT2D eigenvalue weighted by Gasteiger charge is -2.44. The minimum absolute atomic E-state index is 0.743. The summed E-state index contributed by atoms with van der Waals surface area (Å²) in [6.45, 7) is 4.99. The normalized spacial score (nSPS) is 31.2. The summed E-state index contributed by atoms with van der Waals surface area (Å²) in [6, 6.07) is 1.63. The molecule has 2 heteroatoms. The molecule has 1 aliphatic heterocycles. The zero-order valence-corrected chi connectivity index (χ0v) is 10.3. The molecule has 0 aromatic rings. The van der Waals surface area contributed by atoms with Crippen molar-refractivity contribution in [1.29, 1.82) is 0 Å². The molecule has 0 aromatic carbocycles. The van der Waals surface area contributed by atoms with E-state index in [-0.39, 0.29) is 0 Å². The maximum atomic E-state index is 3.45. The molecule has 88 valence electrons. The van der Waals surface area contributed by atoms with Crippen molar-refractivity contribution in [3.63, 3.8) is 0 Å². The van der Waals surface area contributed by atoms with Gasteiger partial charge in [-0.15, -0.1) is 0 Å². The highest BCUT2D eigenvalue weighted by Gasteiger charge is 2.32. The fourth-order valence-electron chi connectivity index (χ4n) is 3.26. The molecule has 1 aliphatic carbocycles. The molecule has 1 heterocycles. The monoisotopic (exact) mass is 210 g/mol. The third-order valence-electron chi connectivity index (χ3n) is 4.44. The topological polar surface area (TPSA) is 15.3 Å². The fraction of sp³-hybridized carbons (Fsp3) is 1.00. The molecule has 0 amide bonds. The van der Waals surface area contributed by atoms with E-state index < -0.39 is 0 Å². The van der Waals surface area contributed by atoms with Crippen LogP contribution in [0.25, 0.3) is 0 Å². The molecule has 0 radical (unpaired) electrons. The van der Waals surface area contributed by atoms with Gasteiger partial charge in [0.2, 0.25) is 0 Å². The first-order valence-corrected chi connectivity index (χ1v) is 6.76. The Kier molecular flexibility index (Phi) is 4.04. The lowest BCUT2D eigenvalue weighted by molar-refractivity contribution is 0.0641. The summed E-state index contributed by atoms with van der Waals surface area (Å²) < 4.78 is 0. The van der Waals surface area contributed by atoms with Gasteiger partial charge in [-0.25, -0.2) is 0 Å². The molecule has 1 saturated heterocycles. The second-order valence-electron chi connectivity index (χ2n) is 5.29. The van der Waals surface area contributed by atoms with Gasteiger partial charge in [0.05, 0.1) is 0 Å². The van der Waals surface area contributed by atoms with Gasteiger partial charge in [0.15, 0.2) is 0 Å². The molecule has 2 aliphatic rings. The Hall–Kier alpha value is -0.0800. The van der Waals surface area contributed by atoms with Crippen LogP contribution in [0.1, 0.15) is 45.4 Å². The number of hydrogen-bond donors (Lipinski definition) is 1. The van der Waals surface area contributed by atoms with Crippen molar-refractivity contribution >= 4 is 0 Å². The van der Waals surface area contributed by atoms with Crippen molar-refractivity contribution in [3.05, 3.63) is 0 Å². The summed E-state index contributed by atoms with van der Waals surface area (Å²) in [5, 5.41) is 3.45. The minimum Gasteiger partial charge on any atom is -0.316 e. The first kappa shape index (κ1) is 11.4. The van der Waals surface area contributed by atoms with E-state index in [0.29, 0.717) is 0 Å². The van der Waals surface area contributed by atoms with Crippen LogP contribution in [0.4, 0.5) is 0 Å². The Morgan fingerprint density at radius 1 is 1.27 bits per heavy atom. The van der Waals surface area contributed by atoms with E-state index in [1.54, 1.807) is 0 Å². The van der Waals surface area contributed by atoms with Crippen LogP contribution in [0.2, 0.25) is 0 Å². The molecule has 0 bridgehead atoms. The second kappa shape index (κ2) is 5.31. The Balaban J connectivity index is 1.88. The number of likely N-dealkylation sites (tertiary alicyclic amines) is 1. The third-order valence-corrected chi connectivity index (χ3v) is 4.44. The van der Waals surface area contributed by atoms with Crippen LogP contribution >= 0.6 is 0 Å². The van der Waals surface area contributed by atoms with Gasteiger partial charge in [0.25, 0.3) is 0 Å². The van der Waals surface area contributed by atoms with E-state index in [4.69, 9.17) is 0 Å². The van der Waals surface area contributed by atoms with E-state index >= 15 is 0 Å². The predicted octanol–water partition coefficient (Wildman–Crippen LogP) is 2.25. The largest absolute Gasteiger partial charge is 0.316 e. The highest BCUT2D eigenvalue weighted by molar-refractivity contribution is 4.88. The summed E-state index contributed by atoms with van der Waals surface area (Å²) in [5.41, 5.74) is 0. The van der Waals surface area contributed by atoms with Crippen LogP contribution in [0.3, 0.4) is 0 Å². The summed E-state index contributed by atoms with van der Waals surface area (Å²) in [5.74, 6) is 1.02. The summed E-state index contributed by atoms with van der Waals surface area (Å²) in [6.07, 6.45) is 8.55. The Bertz CT molecular complexity index is 189. The zero-order chi connectivity index (χ0) is 10.7. The van der Waals surface area contributed by atoms with Crippen LogP contribution in [0.15, 0.2) is 0 Å². The van der Waals surface area contributed by atoms with Crippen LogP contribution in [-0.4, -0.2) is 37.1 Å². The first-order chi connectivity index (χ1) is 7.35. The fourth-order valence-corrected chi connectivity index (χ4v) is 3.26. The molecule has 0 aromatic heterocycles. The maximum Gasteiger partial charge on any atom is 0.0192 e. The maximum absolute atomic E-state index is 3.45. The Morgan fingerprint density at radius 3 is 2.60 bits per heavy atom. The van der Waals surface area contributed by atoms with Gasteiger partial charge in [-0.3, -0.25) is 4.90 Å². The van der Waals surface area contributed by atoms with Crippen molar-refractivity contribution in [1.82, 2.24) is 10.2 Å². The zero-order valence-electron chi connectivity index (χ0n) is 10.3. The molecule has 1 saturated carbocycles. The third kappa shape index (κ3) is 2.54. The van der Waals surface area contributed by atoms with Crippen LogP contribution in [-0.2, 0) is 0 Å². The minimum atomic E-state index is 0.743. The number of piperidine rings is 1. The Morgan fingerprint density at radius 2 is 2.07 bits per heavy atom. The number of likely N-dealkylation sites (N-methyl/N-ethyl adjacent to an activating group) is 1. The van der Waals surface area contributed by atoms with E-state index in [0.717, 1.165) is 18.0 Å². The predicted molar refractivity (Wildman–Crippen MR) is 65.1 cm³/mol. The quantitative estimate of drug-likeness (QED) is 0.765. The smallest absolute Gasteiger partial charge is 0.0192 e. The van der Waals surface area contributed by atoms with Crippen molar-refractivity contribution in [2.45, 2.75) is 57.5 Å². The SMILES string of the molecule is CCC(C1CCC1)N1CCCC(NC)C1. The average molecular weight is 210 g/mol. The highest BCUT2D eigenvalue weighted by Crippen LogP contribution is 2.34. The van der Waals surface area contributed by atoms with Crippen LogP contribution in [0.5, 0.6) is 0 Å². The van der Waals surface area contributed by atoms with Crippen LogP contribution in [0, 0.1) is 5.92 Å². The van der Waals surface area contributed by atoms with Gasteiger partial charge in [0.1, 0.15) is 0 Å². The lowest BCUT2D eigenvalue weighted by atomic mass is 9.77. The number of nitrogens with one attached hydrogen (secondary N) is 1. The van der Waals surface area contributed by atoms with Crippen molar-refractivity contribution in [3.8, 4) is 0 Å². The molecule has 0 spiro atoms. The lowest BCUT2D eigenvalue weighted by Crippen LogP contribution is -2.51. The van der Waals surface area contributed by atoms with Gasteiger partial charge in [-0.2, -0.15) is 0 Å². The van der Waals surface area contributed by atoms with Gasteiger partial charge < -0.3 is 5.32 Å². The Labute approximate surface area is 94.4 Å². The molecular formula is C13H26N2. The molecule has 2 unspecified atom stereocenters. The molecule has 2 rings (SSSR count). The summed E-state index contributed by atoms with van der Waals surface area (Å²) in [4.78, 5) is 2.76. The summed E-state index contributed by atoms with van der Waals surface area (Å²) in [7, 11) is 2.11. The number of nitrogens with zero attached hydrogens (tertiary/aromatic N) is 1. The number of rotatable bonds is 4. The van der Waals surface area contributed by atoms with E-state index in [9.17, 15) is 0 Å². The molecule has 1 N–H and O–H groups in total. The molecule has 2 nitrogen and oxygen atoms in total. The molecule has 2 fully saturated rings. The second-order valence-corrected chi connectivity index (χ2v) is 5.29. The number of hydrogen-bond acceptors (Lipinski definition) is 2. The molecule has 2 atom stereocenters. The van der Waals surface area contributed by atoms with Crippen molar-refractivity contribution in [2.24, 2.45) is 5.92 Å². The van der Waals surface area contributed by atoms with E-state index in [1.807, 2.05) is 0 Å². The van der Waals surface area contributed by atoms with Gasteiger partial charge in [-0.1, -0.05) is 13.3 Å².